The summed E-state index contributed by atoms with van der Waals surface area (Å²) in [4.78, 5) is 16.0. The molecule has 7 heteroatoms. The molecule has 2 heterocycles. The molecule has 2 aromatic rings. The average molecular weight is 319 g/mol. The highest BCUT2D eigenvalue weighted by Gasteiger charge is 2.16. The summed E-state index contributed by atoms with van der Waals surface area (Å²) in [7, 11) is 0. The van der Waals surface area contributed by atoms with Crippen molar-refractivity contribution in [1.82, 2.24) is 14.7 Å². The summed E-state index contributed by atoms with van der Waals surface area (Å²) in [5.41, 5.74) is 7.60. The maximum Gasteiger partial charge on any atom is 0.224 e. The van der Waals surface area contributed by atoms with Gasteiger partial charge in [0.2, 0.25) is 5.91 Å². The van der Waals surface area contributed by atoms with E-state index in [4.69, 9.17) is 5.73 Å². The van der Waals surface area contributed by atoms with Crippen molar-refractivity contribution in [1.29, 1.82) is 0 Å². The molecule has 0 saturated heterocycles. The molecule has 0 bridgehead atoms. The number of halogens is 2. The van der Waals surface area contributed by atoms with Crippen molar-refractivity contribution >= 4 is 36.4 Å². The number of pyridine rings is 1. The maximum atomic E-state index is 11.8. The minimum atomic E-state index is -0.180. The number of fused-ring (bicyclic) bond motifs is 1. The predicted molar refractivity (Wildman–Crippen MR) is 84.3 cm³/mol. The molecular formula is C13H20Cl2N4O. The van der Waals surface area contributed by atoms with Crippen LogP contribution in [0.25, 0.3) is 5.65 Å². The normalized spacial score (nSPS) is 12.9. The van der Waals surface area contributed by atoms with Gasteiger partial charge >= 0.3 is 0 Å². The number of nitrogens with zero attached hydrogens (tertiary/aromatic N) is 2. The van der Waals surface area contributed by atoms with Gasteiger partial charge < -0.3 is 15.5 Å². The highest BCUT2D eigenvalue weighted by molar-refractivity contribution is 5.85. The van der Waals surface area contributed by atoms with E-state index < -0.39 is 0 Å². The Bertz CT molecular complexity index is 556. The van der Waals surface area contributed by atoms with Crippen LogP contribution in [0, 0.1) is 5.92 Å². The zero-order chi connectivity index (χ0) is 13.1. The summed E-state index contributed by atoms with van der Waals surface area (Å²) in [5, 5.41) is 2.88. The molecule has 2 aromatic heterocycles. The van der Waals surface area contributed by atoms with E-state index in [9.17, 15) is 4.79 Å². The lowest BCUT2D eigenvalue weighted by molar-refractivity contribution is -0.125. The van der Waals surface area contributed by atoms with E-state index in [0.29, 0.717) is 6.54 Å². The molecule has 2 unspecified atom stereocenters. The monoisotopic (exact) mass is 318 g/mol. The van der Waals surface area contributed by atoms with Crippen molar-refractivity contribution in [3.63, 3.8) is 0 Å². The lowest BCUT2D eigenvalue weighted by atomic mass is 10.0. The molecule has 0 aliphatic carbocycles. The van der Waals surface area contributed by atoms with Gasteiger partial charge in [-0.15, -0.1) is 24.8 Å². The minimum absolute atomic E-state index is 0. The van der Waals surface area contributed by atoms with Crippen molar-refractivity contribution in [2.75, 3.05) is 0 Å². The van der Waals surface area contributed by atoms with Gasteiger partial charge in [0, 0.05) is 37.1 Å². The van der Waals surface area contributed by atoms with Gasteiger partial charge in [0.05, 0.1) is 0 Å². The Hall–Kier alpha value is -1.30. The van der Waals surface area contributed by atoms with Crippen LogP contribution in [0.3, 0.4) is 0 Å². The molecule has 5 nitrogen and oxygen atoms in total. The number of hydrogen-bond acceptors (Lipinski definition) is 3. The van der Waals surface area contributed by atoms with E-state index >= 15 is 0 Å². The van der Waals surface area contributed by atoms with Gasteiger partial charge in [-0.3, -0.25) is 4.79 Å². The van der Waals surface area contributed by atoms with E-state index in [1.54, 1.807) is 6.20 Å². The molecule has 0 aromatic carbocycles. The smallest absolute Gasteiger partial charge is 0.224 e. The fraction of sp³-hybridized carbons (Fsp3) is 0.385. The van der Waals surface area contributed by atoms with E-state index in [1.807, 2.05) is 42.8 Å². The summed E-state index contributed by atoms with van der Waals surface area (Å²) in [6.07, 6.45) is 5.56. The van der Waals surface area contributed by atoms with Crippen LogP contribution in [0.2, 0.25) is 0 Å². The van der Waals surface area contributed by atoms with Crippen LogP contribution in [0.1, 0.15) is 19.4 Å². The van der Waals surface area contributed by atoms with E-state index in [0.717, 1.165) is 11.2 Å². The van der Waals surface area contributed by atoms with Crippen molar-refractivity contribution in [3.05, 3.63) is 36.3 Å². The third-order valence-electron chi connectivity index (χ3n) is 3.13. The second-order valence-corrected chi connectivity index (χ2v) is 4.59. The average Bonchev–Trinajstić information content (AvgIpc) is 2.82. The Morgan fingerprint density at radius 1 is 1.40 bits per heavy atom. The fourth-order valence-electron chi connectivity index (χ4n) is 1.65. The molecule has 0 spiro atoms. The Balaban J connectivity index is 0.00000180. The van der Waals surface area contributed by atoms with Crippen molar-refractivity contribution < 1.29 is 4.79 Å². The molecule has 2 rings (SSSR count). The first-order valence-electron chi connectivity index (χ1n) is 6.03. The van der Waals surface area contributed by atoms with E-state index in [1.165, 1.54) is 0 Å². The lowest BCUT2D eigenvalue weighted by Crippen LogP contribution is -2.38. The summed E-state index contributed by atoms with van der Waals surface area (Å²) in [5.74, 6) is -0.201. The van der Waals surface area contributed by atoms with Crippen molar-refractivity contribution in [3.8, 4) is 0 Å². The van der Waals surface area contributed by atoms with Gasteiger partial charge in [0.1, 0.15) is 5.65 Å². The molecule has 20 heavy (non-hydrogen) atoms. The number of imidazole rings is 1. The second-order valence-electron chi connectivity index (χ2n) is 4.59. The van der Waals surface area contributed by atoms with Crippen LogP contribution < -0.4 is 11.1 Å². The molecule has 0 radical (unpaired) electrons. The molecule has 2 atom stereocenters. The first-order valence-corrected chi connectivity index (χ1v) is 6.03. The lowest BCUT2D eigenvalue weighted by Gasteiger charge is -2.15. The number of hydrogen-bond donors (Lipinski definition) is 2. The van der Waals surface area contributed by atoms with Gasteiger partial charge in [-0.05, 0) is 24.6 Å². The number of rotatable bonds is 4. The van der Waals surface area contributed by atoms with Crippen molar-refractivity contribution in [2.45, 2.75) is 26.4 Å². The zero-order valence-corrected chi connectivity index (χ0v) is 13.1. The topological polar surface area (TPSA) is 72.4 Å². The summed E-state index contributed by atoms with van der Waals surface area (Å²) >= 11 is 0. The molecule has 0 aliphatic rings. The molecule has 1 amide bonds. The number of nitrogens with two attached hydrogens (primary N) is 1. The minimum Gasteiger partial charge on any atom is -0.352 e. The highest BCUT2D eigenvalue weighted by atomic mass is 35.5. The SMILES string of the molecule is CC(N)C(C)C(=O)NCc1ccn2ccnc2c1.Cl.Cl. The fourth-order valence-corrected chi connectivity index (χ4v) is 1.65. The van der Waals surface area contributed by atoms with E-state index in [-0.39, 0.29) is 42.7 Å². The number of carbonyl (C=O) groups is 1. The van der Waals surface area contributed by atoms with Crippen molar-refractivity contribution in [2.24, 2.45) is 11.7 Å². The maximum absolute atomic E-state index is 11.8. The number of amides is 1. The van der Waals surface area contributed by atoms with Crippen LogP contribution >= 0.6 is 24.8 Å². The molecule has 0 saturated carbocycles. The standard InChI is InChI=1S/C13H18N4O.2ClH/c1-9(10(2)14)13(18)16-8-11-3-5-17-6-4-15-12(17)7-11;;/h3-7,9-10H,8,14H2,1-2H3,(H,16,18);2*1H. The predicted octanol–water partition coefficient (Wildman–Crippen LogP) is 1.78. The Morgan fingerprint density at radius 2 is 2.10 bits per heavy atom. The number of nitrogens with one attached hydrogen (secondary N) is 1. The van der Waals surface area contributed by atoms with Gasteiger partial charge in [0.15, 0.2) is 0 Å². The second kappa shape index (κ2) is 8.09. The summed E-state index contributed by atoms with van der Waals surface area (Å²) in [6, 6.07) is 3.78. The third-order valence-corrected chi connectivity index (χ3v) is 3.13. The first kappa shape index (κ1) is 18.7. The first-order chi connectivity index (χ1) is 8.58. The van der Waals surface area contributed by atoms with Gasteiger partial charge in [0.25, 0.3) is 0 Å². The largest absolute Gasteiger partial charge is 0.352 e. The zero-order valence-electron chi connectivity index (χ0n) is 11.4. The van der Waals surface area contributed by atoms with Gasteiger partial charge in [-0.2, -0.15) is 0 Å². The highest BCUT2D eigenvalue weighted by Crippen LogP contribution is 2.06. The summed E-state index contributed by atoms with van der Waals surface area (Å²) in [6.45, 7) is 4.16. The summed E-state index contributed by atoms with van der Waals surface area (Å²) < 4.78 is 1.93. The van der Waals surface area contributed by atoms with E-state index in [2.05, 4.69) is 10.3 Å². The Labute approximate surface area is 130 Å². The Kier molecular flexibility index (Phi) is 7.57. The Morgan fingerprint density at radius 3 is 2.75 bits per heavy atom. The quantitative estimate of drug-likeness (QED) is 0.902. The van der Waals surface area contributed by atoms with Crippen LogP contribution in [-0.2, 0) is 11.3 Å². The number of aromatic nitrogens is 2. The van der Waals surface area contributed by atoms with Crippen LogP contribution in [0.4, 0.5) is 0 Å². The molecule has 0 fully saturated rings. The van der Waals surface area contributed by atoms with Crippen LogP contribution in [-0.4, -0.2) is 21.3 Å². The number of carbonyl (C=O) groups excluding carboxylic acids is 1. The molecule has 0 aliphatic heterocycles. The van der Waals surface area contributed by atoms with Crippen LogP contribution in [0.15, 0.2) is 30.7 Å². The molecule has 3 N–H and O–H groups in total. The molecular weight excluding hydrogens is 299 g/mol. The van der Waals surface area contributed by atoms with Crippen LogP contribution in [0.5, 0.6) is 0 Å². The third kappa shape index (κ3) is 4.37. The van der Waals surface area contributed by atoms with Gasteiger partial charge in [-0.1, -0.05) is 6.92 Å². The molecule has 112 valence electrons. The van der Waals surface area contributed by atoms with Gasteiger partial charge in [-0.25, -0.2) is 4.98 Å².